The van der Waals surface area contributed by atoms with Crippen molar-refractivity contribution in [3.05, 3.63) is 41.6 Å². The number of rotatable bonds is 5. The highest BCUT2D eigenvalue weighted by atomic mass is 32.2. The second-order valence-corrected chi connectivity index (χ2v) is 9.54. The molecule has 3 unspecified atom stereocenters. The minimum Gasteiger partial charge on any atom is -0.354 e. The Hall–Kier alpha value is -2.20. The second-order valence-electron chi connectivity index (χ2n) is 8.18. The average Bonchev–Trinajstić information content (AvgIpc) is 3.37. The Balaban J connectivity index is 1.66. The summed E-state index contributed by atoms with van der Waals surface area (Å²) in [5.74, 6) is 1.57. The number of nitrogens with zero attached hydrogens (tertiary/aromatic N) is 4. The first-order valence-corrected chi connectivity index (χ1v) is 11.9. The van der Waals surface area contributed by atoms with Crippen LogP contribution < -0.4 is 10.2 Å². The topological polar surface area (TPSA) is 61.4 Å². The SMILES string of the molecule is CC1CCCN1c1cc(C2CCN(S(C)=O)C2)cc(Nc2cc(C(F)(F)F)ccn2)n1. The van der Waals surface area contributed by atoms with Crippen LogP contribution in [0.15, 0.2) is 30.5 Å². The van der Waals surface area contributed by atoms with Crippen LogP contribution >= 0.6 is 0 Å². The lowest BCUT2D eigenvalue weighted by molar-refractivity contribution is -0.137. The summed E-state index contributed by atoms with van der Waals surface area (Å²) in [6.07, 6.45) is 1.42. The summed E-state index contributed by atoms with van der Waals surface area (Å²) in [6, 6.07) is 6.23. The molecule has 2 aliphatic rings. The normalized spacial score (nSPS) is 23.3. The summed E-state index contributed by atoms with van der Waals surface area (Å²) in [7, 11) is -1.02. The minimum atomic E-state index is -4.44. The molecule has 6 nitrogen and oxygen atoms in total. The number of hydrogen-bond donors (Lipinski definition) is 1. The molecule has 0 aromatic carbocycles. The van der Waals surface area contributed by atoms with Gasteiger partial charge in [-0.1, -0.05) is 0 Å². The van der Waals surface area contributed by atoms with Crippen molar-refractivity contribution in [2.45, 2.75) is 44.3 Å². The van der Waals surface area contributed by atoms with Gasteiger partial charge in [0, 0.05) is 38.1 Å². The van der Waals surface area contributed by atoms with Gasteiger partial charge in [0.1, 0.15) is 17.5 Å². The van der Waals surface area contributed by atoms with E-state index in [1.54, 1.807) is 6.26 Å². The molecule has 0 spiro atoms. The van der Waals surface area contributed by atoms with Gasteiger partial charge in [-0.25, -0.2) is 18.5 Å². The molecule has 4 heterocycles. The Bertz CT molecular complexity index is 970. The van der Waals surface area contributed by atoms with Crippen molar-refractivity contribution >= 4 is 28.4 Å². The van der Waals surface area contributed by atoms with E-state index >= 15 is 0 Å². The highest BCUT2D eigenvalue weighted by molar-refractivity contribution is 7.81. The van der Waals surface area contributed by atoms with Gasteiger partial charge in [0.25, 0.3) is 0 Å². The maximum absolute atomic E-state index is 13.1. The lowest BCUT2D eigenvalue weighted by Crippen LogP contribution is -2.27. The molecule has 168 valence electrons. The van der Waals surface area contributed by atoms with E-state index in [1.807, 2.05) is 10.4 Å². The van der Waals surface area contributed by atoms with E-state index in [9.17, 15) is 17.4 Å². The standard InChI is InChI=1S/C21H26F3N5OS/c1-14-4-3-8-29(14)20-11-16(15-6-9-28(13-15)31(2)30)10-19(27-20)26-18-12-17(5-7-25-18)21(22,23)24/h5,7,10-12,14-15H,3-4,6,8-9,13H2,1-2H3,(H,25,26,27). The van der Waals surface area contributed by atoms with E-state index < -0.39 is 22.7 Å². The van der Waals surface area contributed by atoms with Crippen LogP contribution in [-0.4, -0.2) is 50.4 Å². The van der Waals surface area contributed by atoms with Crippen molar-refractivity contribution in [3.63, 3.8) is 0 Å². The molecular formula is C21H26F3N5OS. The molecule has 0 amide bonds. The highest BCUT2D eigenvalue weighted by Gasteiger charge is 2.31. The Morgan fingerprint density at radius 1 is 1.16 bits per heavy atom. The Morgan fingerprint density at radius 3 is 2.61 bits per heavy atom. The van der Waals surface area contributed by atoms with E-state index in [2.05, 4.69) is 28.2 Å². The Kier molecular flexibility index (Phi) is 6.20. The third-order valence-electron chi connectivity index (χ3n) is 6.01. The maximum Gasteiger partial charge on any atom is 0.416 e. The molecule has 10 heteroatoms. The molecule has 2 fully saturated rings. The van der Waals surface area contributed by atoms with Crippen molar-refractivity contribution in [3.8, 4) is 0 Å². The van der Waals surface area contributed by atoms with Gasteiger partial charge >= 0.3 is 6.18 Å². The van der Waals surface area contributed by atoms with Crippen LogP contribution in [0.5, 0.6) is 0 Å². The lowest BCUT2D eigenvalue weighted by Gasteiger charge is -2.25. The van der Waals surface area contributed by atoms with Crippen LogP contribution in [0.1, 0.15) is 43.2 Å². The van der Waals surface area contributed by atoms with E-state index in [4.69, 9.17) is 4.98 Å². The molecule has 2 saturated heterocycles. The first kappa shape index (κ1) is 22.0. The maximum atomic E-state index is 13.1. The summed E-state index contributed by atoms with van der Waals surface area (Å²) >= 11 is 0. The molecule has 31 heavy (non-hydrogen) atoms. The third-order valence-corrected chi connectivity index (χ3v) is 7.07. The van der Waals surface area contributed by atoms with Crippen molar-refractivity contribution in [2.24, 2.45) is 0 Å². The van der Waals surface area contributed by atoms with Gasteiger partial charge < -0.3 is 10.2 Å². The number of anilines is 3. The third kappa shape index (κ3) is 5.01. The largest absolute Gasteiger partial charge is 0.416 e. The van der Waals surface area contributed by atoms with Crippen molar-refractivity contribution in [2.75, 3.05) is 36.1 Å². The second kappa shape index (κ2) is 8.74. The quantitative estimate of drug-likeness (QED) is 0.731. The fraction of sp³-hybridized carbons (Fsp3) is 0.524. The van der Waals surface area contributed by atoms with Crippen molar-refractivity contribution in [1.29, 1.82) is 0 Å². The van der Waals surface area contributed by atoms with Gasteiger partial charge in [-0.05, 0) is 61.9 Å². The lowest BCUT2D eigenvalue weighted by atomic mass is 9.99. The zero-order valence-corrected chi connectivity index (χ0v) is 18.3. The predicted octanol–water partition coefficient (Wildman–Crippen LogP) is 4.31. The number of halogens is 3. The van der Waals surface area contributed by atoms with Gasteiger partial charge in [-0.2, -0.15) is 13.2 Å². The molecule has 0 radical (unpaired) electrons. The molecular weight excluding hydrogens is 427 g/mol. The van der Waals surface area contributed by atoms with Gasteiger partial charge in [-0.15, -0.1) is 0 Å². The van der Waals surface area contributed by atoms with Crippen LogP contribution in [0.3, 0.4) is 0 Å². The molecule has 0 aliphatic carbocycles. The van der Waals surface area contributed by atoms with Crippen molar-refractivity contribution < 1.29 is 17.4 Å². The summed E-state index contributed by atoms with van der Waals surface area (Å²) in [5.41, 5.74) is 0.290. The number of aromatic nitrogens is 2. The van der Waals surface area contributed by atoms with Crippen LogP contribution in [0, 0.1) is 0 Å². The molecule has 4 rings (SSSR count). The van der Waals surface area contributed by atoms with Crippen LogP contribution in [0.4, 0.5) is 30.6 Å². The molecule has 1 N–H and O–H groups in total. The summed E-state index contributed by atoms with van der Waals surface area (Å²) in [5, 5.41) is 2.97. The van der Waals surface area contributed by atoms with E-state index in [1.165, 1.54) is 0 Å². The highest BCUT2D eigenvalue weighted by Crippen LogP contribution is 2.35. The predicted molar refractivity (Wildman–Crippen MR) is 116 cm³/mol. The summed E-state index contributed by atoms with van der Waals surface area (Å²) in [6.45, 7) is 4.49. The Morgan fingerprint density at radius 2 is 1.97 bits per heavy atom. The first-order chi connectivity index (χ1) is 14.7. The van der Waals surface area contributed by atoms with Crippen molar-refractivity contribution in [1.82, 2.24) is 14.3 Å². The smallest absolute Gasteiger partial charge is 0.354 e. The van der Waals surface area contributed by atoms with Crippen LogP contribution in [0.2, 0.25) is 0 Å². The zero-order chi connectivity index (χ0) is 22.2. The zero-order valence-electron chi connectivity index (χ0n) is 17.5. The van der Waals surface area contributed by atoms with Gasteiger partial charge in [0.15, 0.2) is 0 Å². The van der Waals surface area contributed by atoms with Gasteiger partial charge in [-0.3, -0.25) is 0 Å². The molecule has 2 aliphatic heterocycles. The monoisotopic (exact) mass is 453 g/mol. The molecule has 2 aromatic heterocycles. The molecule has 3 atom stereocenters. The molecule has 0 saturated carbocycles. The van der Waals surface area contributed by atoms with E-state index in [0.717, 1.165) is 62.1 Å². The number of nitrogens with one attached hydrogen (secondary N) is 1. The molecule has 2 aromatic rings. The Labute approximate surface area is 182 Å². The first-order valence-electron chi connectivity index (χ1n) is 10.4. The number of alkyl halides is 3. The van der Waals surface area contributed by atoms with Crippen LogP contribution in [-0.2, 0) is 17.2 Å². The minimum absolute atomic E-state index is 0.0996. The number of pyridine rings is 2. The summed E-state index contributed by atoms with van der Waals surface area (Å²) < 4.78 is 53.0. The van der Waals surface area contributed by atoms with Gasteiger partial charge in [0.05, 0.1) is 16.5 Å². The van der Waals surface area contributed by atoms with E-state index in [-0.39, 0.29) is 11.7 Å². The fourth-order valence-corrected chi connectivity index (χ4v) is 5.05. The molecule has 0 bridgehead atoms. The van der Waals surface area contributed by atoms with Crippen LogP contribution in [0.25, 0.3) is 0 Å². The van der Waals surface area contributed by atoms with Gasteiger partial charge in [0.2, 0.25) is 0 Å². The average molecular weight is 454 g/mol. The van der Waals surface area contributed by atoms with E-state index in [0.29, 0.717) is 18.4 Å². The fourth-order valence-electron chi connectivity index (χ4n) is 4.30. The number of hydrogen-bond acceptors (Lipinski definition) is 5. The summed E-state index contributed by atoms with van der Waals surface area (Å²) in [4.78, 5) is 11.0.